The summed E-state index contributed by atoms with van der Waals surface area (Å²) in [6, 6.07) is 0. The van der Waals surface area contributed by atoms with Crippen LogP contribution in [0.2, 0.25) is 0 Å². The van der Waals surface area contributed by atoms with E-state index in [0.29, 0.717) is 25.7 Å². The Hall–Kier alpha value is -1.94. The molecule has 0 saturated heterocycles. The highest BCUT2D eigenvalue weighted by Crippen LogP contribution is 2.45. The average Bonchev–Trinajstić information content (AvgIpc) is 1.66. The molecule has 0 heterocycles. The monoisotopic (exact) mass is 1370 g/mol. The van der Waals surface area contributed by atoms with E-state index in [1.54, 1.807) is 0 Å². The quantitative estimate of drug-likeness (QED) is 0.0222. The molecule has 0 aliphatic carbocycles. The molecule has 552 valence electrons. The average molecular weight is 1370 g/mol. The van der Waals surface area contributed by atoms with Crippen LogP contribution in [0.15, 0.2) is 0 Å². The van der Waals surface area contributed by atoms with Crippen molar-refractivity contribution >= 4 is 39.5 Å². The molecular weight excluding hydrogens is 1220 g/mol. The molecule has 0 bridgehead atoms. The summed E-state index contributed by atoms with van der Waals surface area (Å²) in [7, 11) is -9.90. The van der Waals surface area contributed by atoms with Gasteiger partial charge < -0.3 is 33.8 Å². The minimum Gasteiger partial charge on any atom is -0.462 e. The number of hydrogen-bond acceptors (Lipinski definition) is 15. The Balaban J connectivity index is 5.19. The van der Waals surface area contributed by atoms with Gasteiger partial charge in [-0.3, -0.25) is 37.3 Å². The second-order valence-electron chi connectivity index (χ2n) is 27.2. The summed E-state index contributed by atoms with van der Waals surface area (Å²) in [6.07, 6.45) is 55.6. The summed E-state index contributed by atoms with van der Waals surface area (Å²) >= 11 is 0. The van der Waals surface area contributed by atoms with Gasteiger partial charge in [0, 0.05) is 25.7 Å². The number of phosphoric acid groups is 2. The minimum atomic E-state index is -4.95. The van der Waals surface area contributed by atoms with Crippen LogP contribution in [0.1, 0.15) is 388 Å². The van der Waals surface area contributed by atoms with Gasteiger partial charge in [0.2, 0.25) is 0 Å². The number of rotatable bonds is 74. The SMILES string of the molecule is CCCCCCCCCCCCCCCCCCCCCCC(=O)O[C@H](COC(=O)CCCCCCCCCCCCCC)COP(=O)(O)OC[C@@H](O)COP(=O)(O)OC[C@@H](COC(=O)CCCCCCCCCCCC)OC(=O)CCCCCCCCCCC(C)C. The first-order valence-electron chi connectivity index (χ1n) is 38.6. The van der Waals surface area contributed by atoms with Gasteiger partial charge in [0.25, 0.3) is 0 Å². The maximum atomic E-state index is 13.1. The van der Waals surface area contributed by atoms with Crippen molar-refractivity contribution in [2.24, 2.45) is 5.92 Å². The highest BCUT2D eigenvalue weighted by atomic mass is 31.2. The van der Waals surface area contributed by atoms with Crippen LogP contribution in [0.3, 0.4) is 0 Å². The summed E-state index contributed by atoms with van der Waals surface area (Å²) in [5, 5.41) is 10.6. The molecule has 3 N–H and O–H groups in total. The Morgan fingerprint density at radius 2 is 0.495 bits per heavy atom. The first-order chi connectivity index (χ1) is 45.0. The van der Waals surface area contributed by atoms with Crippen molar-refractivity contribution in [3.05, 3.63) is 0 Å². The van der Waals surface area contributed by atoms with Crippen LogP contribution in [-0.4, -0.2) is 96.7 Å². The normalized spacial score (nSPS) is 14.0. The Morgan fingerprint density at radius 1 is 0.290 bits per heavy atom. The van der Waals surface area contributed by atoms with Crippen molar-refractivity contribution < 1.29 is 80.2 Å². The number of esters is 4. The topological polar surface area (TPSA) is 237 Å². The maximum absolute atomic E-state index is 13.1. The number of unbranched alkanes of at least 4 members (excludes halogenated alkanes) is 46. The second kappa shape index (κ2) is 67.3. The van der Waals surface area contributed by atoms with E-state index in [2.05, 4.69) is 34.6 Å². The van der Waals surface area contributed by atoms with E-state index in [1.807, 2.05) is 0 Å². The molecule has 93 heavy (non-hydrogen) atoms. The predicted octanol–water partition coefficient (Wildman–Crippen LogP) is 21.7. The van der Waals surface area contributed by atoms with Crippen molar-refractivity contribution in [3.63, 3.8) is 0 Å². The number of ether oxygens (including phenoxy) is 4. The van der Waals surface area contributed by atoms with E-state index < -0.39 is 97.5 Å². The van der Waals surface area contributed by atoms with E-state index in [1.165, 1.54) is 212 Å². The third-order valence-corrected chi connectivity index (χ3v) is 19.2. The molecule has 0 aromatic carbocycles. The summed E-state index contributed by atoms with van der Waals surface area (Å²) < 4.78 is 68.4. The Kier molecular flexibility index (Phi) is 65.9. The van der Waals surface area contributed by atoms with E-state index in [4.69, 9.17) is 37.0 Å². The molecule has 19 heteroatoms. The number of carbonyl (C=O) groups is 4. The van der Waals surface area contributed by atoms with Gasteiger partial charge in [-0.05, 0) is 31.6 Å². The van der Waals surface area contributed by atoms with Gasteiger partial charge in [-0.15, -0.1) is 0 Å². The minimum absolute atomic E-state index is 0.105. The van der Waals surface area contributed by atoms with E-state index in [0.717, 1.165) is 95.8 Å². The summed E-state index contributed by atoms with van der Waals surface area (Å²) in [6.45, 7) is 7.22. The smallest absolute Gasteiger partial charge is 0.462 e. The lowest BCUT2D eigenvalue weighted by Crippen LogP contribution is -2.30. The second-order valence-corrected chi connectivity index (χ2v) is 30.1. The summed E-state index contributed by atoms with van der Waals surface area (Å²) in [5.41, 5.74) is 0. The number of carbonyl (C=O) groups excluding carboxylic acids is 4. The highest BCUT2D eigenvalue weighted by molar-refractivity contribution is 7.47. The van der Waals surface area contributed by atoms with Crippen molar-refractivity contribution in [3.8, 4) is 0 Å². The molecular formula is C74H144O17P2. The van der Waals surface area contributed by atoms with Crippen LogP contribution in [0.25, 0.3) is 0 Å². The molecule has 0 spiro atoms. The fourth-order valence-corrected chi connectivity index (χ4v) is 12.9. The predicted molar refractivity (Wildman–Crippen MR) is 377 cm³/mol. The van der Waals surface area contributed by atoms with Crippen LogP contribution >= 0.6 is 15.6 Å². The van der Waals surface area contributed by atoms with Crippen LogP contribution in [0, 0.1) is 5.92 Å². The van der Waals surface area contributed by atoms with Crippen molar-refractivity contribution in [1.29, 1.82) is 0 Å². The van der Waals surface area contributed by atoms with Gasteiger partial charge in [0.05, 0.1) is 26.4 Å². The Bertz CT molecular complexity index is 1790. The molecule has 0 amide bonds. The van der Waals surface area contributed by atoms with Gasteiger partial charge >= 0.3 is 39.5 Å². The number of hydrogen-bond donors (Lipinski definition) is 3. The molecule has 0 saturated carbocycles. The van der Waals surface area contributed by atoms with Gasteiger partial charge in [-0.1, -0.05) is 336 Å². The fourth-order valence-electron chi connectivity index (χ4n) is 11.4. The number of phosphoric ester groups is 2. The third-order valence-electron chi connectivity index (χ3n) is 17.3. The van der Waals surface area contributed by atoms with E-state index in [-0.39, 0.29) is 25.7 Å². The molecule has 0 aromatic rings. The summed E-state index contributed by atoms with van der Waals surface area (Å²) in [5.74, 6) is -1.40. The van der Waals surface area contributed by atoms with Gasteiger partial charge in [-0.25, -0.2) is 9.13 Å². The van der Waals surface area contributed by atoms with Gasteiger partial charge in [-0.2, -0.15) is 0 Å². The lowest BCUT2D eigenvalue weighted by atomic mass is 10.0. The Labute approximate surface area is 568 Å². The maximum Gasteiger partial charge on any atom is 0.472 e. The molecule has 17 nitrogen and oxygen atoms in total. The van der Waals surface area contributed by atoms with Gasteiger partial charge in [0.1, 0.15) is 19.3 Å². The highest BCUT2D eigenvalue weighted by Gasteiger charge is 2.30. The fraction of sp³-hybridized carbons (Fsp3) is 0.946. The zero-order chi connectivity index (χ0) is 68.4. The first-order valence-corrected chi connectivity index (χ1v) is 41.6. The van der Waals surface area contributed by atoms with E-state index >= 15 is 0 Å². The molecule has 2 unspecified atom stereocenters. The van der Waals surface area contributed by atoms with Crippen molar-refractivity contribution in [2.75, 3.05) is 39.6 Å². The zero-order valence-electron chi connectivity index (χ0n) is 60.4. The zero-order valence-corrected chi connectivity index (χ0v) is 62.2. The molecule has 0 aromatic heterocycles. The van der Waals surface area contributed by atoms with Gasteiger partial charge in [0.15, 0.2) is 12.2 Å². The lowest BCUT2D eigenvalue weighted by Gasteiger charge is -2.21. The first kappa shape index (κ1) is 91.1. The van der Waals surface area contributed by atoms with Crippen LogP contribution in [-0.2, 0) is 65.4 Å². The Morgan fingerprint density at radius 3 is 0.731 bits per heavy atom. The molecule has 0 rings (SSSR count). The third kappa shape index (κ3) is 68.4. The number of aliphatic hydroxyl groups excluding tert-OH is 1. The lowest BCUT2D eigenvalue weighted by molar-refractivity contribution is -0.161. The van der Waals surface area contributed by atoms with Crippen LogP contribution in [0.5, 0.6) is 0 Å². The van der Waals surface area contributed by atoms with Crippen molar-refractivity contribution in [1.82, 2.24) is 0 Å². The summed E-state index contributed by atoms with van der Waals surface area (Å²) in [4.78, 5) is 72.6. The number of aliphatic hydroxyl groups is 1. The van der Waals surface area contributed by atoms with Crippen LogP contribution < -0.4 is 0 Å². The standard InChI is InChI=1S/C74H144O17P2/c1-6-9-12-15-18-21-24-26-27-28-29-30-31-32-33-35-38-44-49-54-59-73(78)90-69(63-85-72(77)58-53-48-43-37-34-25-22-19-16-13-10-7-2)65-88-92(80,81)86-61-68(75)62-87-93(82,83)89-66-70(64-84-71(76)57-52-47-42-36-23-20-17-14-11-8-3)91-74(79)60-55-50-45-40-39-41-46-51-56-67(4)5/h67-70,75H,6-66H2,1-5H3,(H,80,81)(H,82,83)/t68-,69-,70-/m1/s1. The van der Waals surface area contributed by atoms with Crippen LogP contribution in [0.4, 0.5) is 0 Å². The largest absolute Gasteiger partial charge is 0.472 e. The molecule has 0 aliphatic heterocycles. The molecule has 0 aliphatic rings. The van der Waals surface area contributed by atoms with Crippen molar-refractivity contribution in [2.45, 2.75) is 406 Å². The molecule has 5 atom stereocenters. The molecule has 0 radical (unpaired) electrons. The molecule has 0 fully saturated rings. The van der Waals surface area contributed by atoms with E-state index in [9.17, 15) is 43.2 Å².